The van der Waals surface area contributed by atoms with Crippen molar-refractivity contribution >= 4 is 16.7 Å². The second kappa shape index (κ2) is 8.05. The molecule has 0 spiro atoms. The highest BCUT2D eigenvalue weighted by Gasteiger charge is 2.17. The van der Waals surface area contributed by atoms with E-state index in [1.54, 1.807) is 6.92 Å². The van der Waals surface area contributed by atoms with Crippen molar-refractivity contribution in [3.63, 3.8) is 0 Å². The van der Waals surface area contributed by atoms with E-state index in [4.69, 9.17) is 4.74 Å². The molecule has 3 aromatic carbocycles. The Bertz CT molecular complexity index is 901. The van der Waals surface area contributed by atoms with Crippen LogP contribution in [0.15, 0.2) is 66.7 Å². The first-order chi connectivity index (χ1) is 12.5. The van der Waals surface area contributed by atoms with Gasteiger partial charge in [0.1, 0.15) is 5.75 Å². The highest BCUT2D eigenvalue weighted by Crippen LogP contribution is 2.26. The van der Waals surface area contributed by atoms with Gasteiger partial charge < -0.3 is 10.1 Å². The Morgan fingerprint density at radius 1 is 0.923 bits per heavy atom. The van der Waals surface area contributed by atoms with Crippen LogP contribution >= 0.6 is 0 Å². The van der Waals surface area contributed by atoms with Gasteiger partial charge in [-0.15, -0.1) is 0 Å². The van der Waals surface area contributed by atoms with Gasteiger partial charge in [0.05, 0.1) is 0 Å². The molecule has 0 aromatic heterocycles. The van der Waals surface area contributed by atoms with Gasteiger partial charge in [-0.05, 0) is 46.9 Å². The van der Waals surface area contributed by atoms with Crippen molar-refractivity contribution in [1.82, 2.24) is 5.32 Å². The minimum atomic E-state index is -0.546. The van der Waals surface area contributed by atoms with Crippen LogP contribution in [0.3, 0.4) is 0 Å². The molecule has 0 fully saturated rings. The van der Waals surface area contributed by atoms with E-state index in [1.165, 1.54) is 10.8 Å². The van der Waals surface area contributed by atoms with Crippen molar-refractivity contribution in [2.45, 2.75) is 39.3 Å². The molecule has 0 aliphatic rings. The van der Waals surface area contributed by atoms with Crippen molar-refractivity contribution in [3.8, 4) is 5.75 Å². The Balaban J connectivity index is 1.62. The molecule has 26 heavy (non-hydrogen) atoms. The van der Waals surface area contributed by atoms with Gasteiger partial charge in [-0.3, -0.25) is 4.79 Å². The number of nitrogens with one attached hydrogen (secondary N) is 1. The third kappa shape index (κ3) is 4.23. The Morgan fingerprint density at radius 2 is 1.62 bits per heavy atom. The van der Waals surface area contributed by atoms with E-state index >= 15 is 0 Å². The fourth-order valence-corrected chi connectivity index (χ4v) is 2.99. The van der Waals surface area contributed by atoms with Crippen LogP contribution in [0.25, 0.3) is 10.8 Å². The lowest BCUT2D eigenvalue weighted by atomic mass is 10.0. The molecule has 0 saturated heterocycles. The molecule has 0 unspecified atom stereocenters. The molecule has 3 rings (SSSR count). The second-order valence-corrected chi connectivity index (χ2v) is 6.85. The number of carbonyl (C=O) groups is 1. The standard InChI is InChI=1S/C23H25NO2/c1-16(2)21-10-6-7-11-22(21)26-17(3)23(25)24-15-18-12-13-19-8-4-5-9-20(19)14-18/h4-14,16-17H,15H2,1-3H3,(H,24,25)/t17-/m0/s1. The van der Waals surface area contributed by atoms with Gasteiger partial charge in [-0.1, -0.05) is 68.4 Å². The van der Waals surface area contributed by atoms with Gasteiger partial charge in [0.15, 0.2) is 6.10 Å². The van der Waals surface area contributed by atoms with Gasteiger partial charge in [0.25, 0.3) is 5.91 Å². The first kappa shape index (κ1) is 18.0. The number of para-hydroxylation sites is 1. The summed E-state index contributed by atoms with van der Waals surface area (Å²) in [5.41, 5.74) is 2.19. The predicted molar refractivity (Wildman–Crippen MR) is 106 cm³/mol. The maximum atomic E-state index is 12.4. The van der Waals surface area contributed by atoms with Crippen LogP contribution in [-0.4, -0.2) is 12.0 Å². The van der Waals surface area contributed by atoms with Crippen LogP contribution in [0.4, 0.5) is 0 Å². The number of ether oxygens (including phenoxy) is 1. The average Bonchev–Trinajstić information content (AvgIpc) is 2.66. The topological polar surface area (TPSA) is 38.3 Å². The van der Waals surface area contributed by atoms with Crippen molar-refractivity contribution in [2.75, 3.05) is 0 Å². The first-order valence-electron chi connectivity index (χ1n) is 9.05. The maximum absolute atomic E-state index is 12.4. The number of hydrogen-bond donors (Lipinski definition) is 1. The van der Waals surface area contributed by atoms with E-state index in [1.807, 2.05) is 42.5 Å². The number of rotatable bonds is 6. The average molecular weight is 347 g/mol. The van der Waals surface area contributed by atoms with Crippen molar-refractivity contribution in [2.24, 2.45) is 0 Å². The fourth-order valence-electron chi connectivity index (χ4n) is 2.99. The number of amides is 1. The van der Waals surface area contributed by atoms with E-state index in [-0.39, 0.29) is 5.91 Å². The van der Waals surface area contributed by atoms with Crippen molar-refractivity contribution in [3.05, 3.63) is 77.9 Å². The minimum absolute atomic E-state index is 0.114. The summed E-state index contributed by atoms with van der Waals surface area (Å²) >= 11 is 0. The van der Waals surface area contributed by atoms with E-state index in [0.717, 1.165) is 16.9 Å². The Labute approximate surface area is 155 Å². The van der Waals surface area contributed by atoms with E-state index < -0.39 is 6.10 Å². The minimum Gasteiger partial charge on any atom is -0.481 e. The summed E-state index contributed by atoms with van der Waals surface area (Å²) in [7, 11) is 0. The Hall–Kier alpha value is -2.81. The van der Waals surface area contributed by atoms with Crippen molar-refractivity contribution < 1.29 is 9.53 Å². The zero-order valence-electron chi connectivity index (χ0n) is 15.5. The van der Waals surface area contributed by atoms with Crippen LogP contribution in [0.5, 0.6) is 5.75 Å². The maximum Gasteiger partial charge on any atom is 0.261 e. The second-order valence-electron chi connectivity index (χ2n) is 6.85. The highest BCUT2D eigenvalue weighted by atomic mass is 16.5. The molecule has 1 atom stereocenters. The Kier molecular flexibility index (Phi) is 5.57. The third-order valence-corrected chi connectivity index (χ3v) is 4.49. The van der Waals surface area contributed by atoms with Gasteiger partial charge in [-0.25, -0.2) is 0 Å². The molecule has 0 heterocycles. The van der Waals surface area contributed by atoms with Gasteiger partial charge in [0.2, 0.25) is 0 Å². The lowest BCUT2D eigenvalue weighted by molar-refractivity contribution is -0.127. The van der Waals surface area contributed by atoms with Gasteiger partial charge >= 0.3 is 0 Å². The summed E-state index contributed by atoms with van der Waals surface area (Å²) < 4.78 is 5.92. The number of hydrogen-bond acceptors (Lipinski definition) is 2. The van der Waals surface area contributed by atoms with Crippen LogP contribution in [-0.2, 0) is 11.3 Å². The smallest absolute Gasteiger partial charge is 0.261 e. The zero-order chi connectivity index (χ0) is 18.5. The normalized spacial score (nSPS) is 12.2. The molecular weight excluding hydrogens is 322 g/mol. The molecule has 3 aromatic rings. The summed E-state index contributed by atoms with van der Waals surface area (Å²) in [4.78, 5) is 12.4. The fraction of sp³-hybridized carbons (Fsp3) is 0.261. The van der Waals surface area contributed by atoms with E-state index in [9.17, 15) is 4.79 Å². The van der Waals surface area contributed by atoms with Crippen LogP contribution in [0.2, 0.25) is 0 Å². The first-order valence-corrected chi connectivity index (χ1v) is 9.05. The lowest BCUT2D eigenvalue weighted by Crippen LogP contribution is -2.36. The van der Waals surface area contributed by atoms with Gasteiger partial charge in [0, 0.05) is 6.54 Å². The lowest BCUT2D eigenvalue weighted by Gasteiger charge is -2.18. The molecule has 0 aliphatic carbocycles. The SMILES string of the molecule is CC(C)c1ccccc1O[C@@H](C)C(=O)NCc1ccc2ccccc2c1. The molecule has 1 amide bonds. The highest BCUT2D eigenvalue weighted by molar-refractivity contribution is 5.83. The van der Waals surface area contributed by atoms with Crippen LogP contribution < -0.4 is 10.1 Å². The molecule has 0 radical (unpaired) electrons. The summed E-state index contributed by atoms with van der Waals surface area (Å²) in [5.74, 6) is 1.01. The molecule has 1 N–H and O–H groups in total. The number of fused-ring (bicyclic) bond motifs is 1. The van der Waals surface area contributed by atoms with Crippen molar-refractivity contribution in [1.29, 1.82) is 0 Å². The Morgan fingerprint density at radius 3 is 2.38 bits per heavy atom. The number of carbonyl (C=O) groups excluding carboxylic acids is 1. The summed E-state index contributed by atoms with van der Waals surface area (Å²) in [6.07, 6.45) is -0.546. The number of benzene rings is 3. The predicted octanol–water partition coefficient (Wildman–Crippen LogP) is 5.05. The largest absolute Gasteiger partial charge is 0.481 e. The summed E-state index contributed by atoms with van der Waals surface area (Å²) in [6.45, 7) is 6.51. The quantitative estimate of drug-likeness (QED) is 0.678. The monoisotopic (exact) mass is 347 g/mol. The summed E-state index contributed by atoms with van der Waals surface area (Å²) in [5, 5.41) is 5.34. The van der Waals surface area contributed by atoms with Crippen LogP contribution in [0.1, 0.15) is 37.8 Å². The molecule has 0 saturated carbocycles. The van der Waals surface area contributed by atoms with E-state index in [0.29, 0.717) is 12.5 Å². The molecule has 0 aliphatic heterocycles. The zero-order valence-corrected chi connectivity index (χ0v) is 15.5. The molecule has 3 heteroatoms. The molecule has 134 valence electrons. The van der Waals surface area contributed by atoms with Crippen LogP contribution in [0, 0.1) is 0 Å². The summed E-state index contributed by atoms with van der Waals surface area (Å²) in [6, 6.07) is 22.3. The molecule has 0 bridgehead atoms. The third-order valence-electron chi connectivity index (χ3n) is 4.49. The molecular formula is C23H25NO2. The van der Waals surface area contributed by atoms with E-state index in [2.05, 4.69) is 43.4 Å². The molecule has 3 nitrogen and oxygen atoms in total. The van der Waals surface area contributed by atoms with Gasteiger partial charge in [-0.2, -0.15) is 0 Å².